The minimum absolute atomic E-state index is 0.576. The van der Waals surface area contributed by atoms with Gasteiger partial charge in [-0.05, 0) is 45.3 Å². The third kappa shape index (κ3) is 2.23. The summed E-state index contributed by atoms with van der Waals surface area (Å²) in [6.07, 6.45) is 2.80. The van der Waals surface area contributed by atoms with Crippen LogP contribution in [0.2, 0.25) is 0 Å². The summed E-state index contributed by atoms with van der Waals surface area (Å²) in [6, 6.07) is 0.736. The molecule has 0 radical (unpaired) electrons. The van der Waals surface area contributed by atoms with Crippen molar-refractivity contribution in [2.45, 2.75) is 32.7 Å². The molecular formula is C11H24N2. The van der Waals surface area contributed by atoms with Crippen molar-refractivity contribution < 1.29 is 0 Å². The average molecular weight is 184 g/mol. The SMILES string of the molecule is CNCC1(C(C(C)C)N(C)C)CC1. The first-order chi connectivity index (χ1) is 6.03. The van der Waals surface area contributed by atoms with Crippen molar-refractivity contribution in [2.75, 3.05) is 27.7 Å². The zero-order valence-corrected chi connectivity index (χ0v) is 9.72. The molecule has 1 aliphatic carbocycles. The molecule has 0 saturated heterocycles. The molecule has 2 nitrogen and oxygen atoms in total. The number of hydrogen-bond donors (Lipinski definition) is 1. The van der Waals surface area contributed by atoms with E-state index >= 15 is 0 Å². The molecule has 0 heterocycles. The van der Waals surface area contributed by atoms with Gasteiger partial charge >= 0.3 is 0 Å². The zero-order valence-electron chi connectivity index (χ0n) is 9.72. The summed E-state index contributed by atoms with van der Waals surface area (Å²) in [5.41, 5.74) is 0.576. The molecule has 0 spiro atoms. The topological polar surface area (TPSA) is 15.3 Å². The summed E-state index contributed by atoms with van der Waals surface area (Å²) >= 11 is 0. The molecule has 0 aromatic heterocycles. The van der Waals surface area contributed by atoms with Gasteiger partial charge in [0.2, 0.25) is 0 Å². The van der Waals surface area contributed by atoms with Crippen LogP contribution in [0, 0.1) is 11.3 Å². The van der Waals surface area contributed by atoms with Gasteiger partial charge in [-0.25, -0.2) is 0 Å². The lowest BCUT2D eigenvalue weighted by Gasteiger charge is -2.35. The minimum atomic E-state index is 0.576. The average Bonchev–Trinajstić information content (AvgIpc) is 2.67. The zero-order chi connectivity index (χ0) is 10.1. The van der Waals surface area contributed by atoms with E-state index in [1.807, 2.05) is 0 Å². The fourth-order valence-corrected chi connectivity index (χ4v) is 2.94. The largest absolute Gasteiger partial charge is 0.319 e. The second-order valence-corrected chi connectivity index (χ2v) is 5.05. The Morgan fingerprint density at radius 1 is 1.31 bits per heavy atom. The van der Waals surface area contributed by atoms with Crippen LogP contribution in [-0.2, 0) is 0 Å². The molecule has 13 heavy (non-hydrogen) atoms. The Morgan fingerprint density at radius 3 is 2.08 bits per heavy atom. The molecule has 1 aliphatic rings. The third-order valence-electron chi connectivity index (χ3n) is 3.24. The maximum atomic E-state index is 3.33. The summed E-state index contributed by atoms with van der Waals surface area (Å²) in [5.74, 6) is 0.755. The lowest BCUT2D eigenvalue weighted by atomic mass is 9.86. The van der Waals surface area contributed by atoms with E-state index in [2.05, 4.69) is 45.2 Å². The van der Waals surface area contributed by atoms with Crippen molar-refractivity contribution >= 4 is 0 Å². The van der Waals surface area contributed by atoms with E-state index in [0.29, 0.717) is 5.41 Å². The molecule has 1 unspecified atom stereocenters. The van der Waals surface area contributed by atoms with Gasteiger partial charge in [0.25, 0.3) is 0 Å². The first kappa shape index (κ1) is 11.0. The Kier molecular flexibility index (Phi) is 3.36. The maximum Gasteiger partial charge on any atom is 0.0181 e. The Hall–Kier alpha value is -0.0800. The van der Waals surface area contributed by atoms with Crippen molar-refractivity contribution in [3.8, 4) is 0 Å². The van der Waals surface area contributed by atoms with Crippen LogP contribution < -0.4 is 5.32 Å². The van der Waals surface area contributed by atoms with Gasteiger partial charge in [-0.1, -0.05) is 13.8 Å². The van der Waals surface area contributed by atoms with Gasteiger partial charge in [0.15, 0.2) is 0 Å². The van der Waals surface area contributed by atoms with E-state index in [4.69, 9.17) is 0 Å². The molecule has 78 valence electrons. The lowest BCUT2D eigenvalue weighted by molar-refractivity contribution is 0.140. The predicted octanol–water partition coefficient (Wildman–Crippen LogP) is 1.57. The monoisotopic (exact) mass is 184 g/mol. The van der Waals surface area contributed by atoms with Gasteiger partial charge in [-0.2, -0.15) is 0 Å². The van der Waals surface area contributed by atoms with Crippen LogP contribution in [0.3, 0.4) is 0 Å². The third-order valence-corrected chi connectivity index (χ3v) is 3.24. The molecule has 2 heteroatoms. The number of nitrogens with one attached hydrogen (secondary N) is 1. The summed E-state index contributed by atoms with van der Waals surface area (Å²) in [4.78, 5) is 2.40. The van der Waals surface area contributed by atoms with Crippen LogP contribution >= 0.6 is 0 Å². The molecule has 0 aromatic carbocycles. The predicted molar refractivity (Wildman–Crippen MR) is 57.9 cm³/mol. The van der Waals surface area contributed by atoms with Gasteiger partial charge in [-0.3, -0.25) is 0 Å². The second-order valence-electron chi connectivity index (χ2n) is 5.05. The Balaban J connectivity index is 2.64. The smallest absolute Gasteiger partial charge is 0.0181 e. The van der Waals surface area contributed by atoms with Crippen LogP contribution in [0.25, 0.3) is 0 Å². The first-order valence-corrected chi connectivity index (χ1v) is 5.34. The van der Waals surface area contributed by atoms with E-state index in [9.17, 15) is 0 Å². The molecule has 0 bridgehead atoms. The van der Waals surface area contributed by atoms with Gasteiger partial charge in [0.1, 0.15) is 0 Å². The van der Waals surface area contributed by atoms with E-state index < -0.39 is 0 Å². The van der Waals surface area contributed by atoms with Crippen molar-refractivity contribution in [1.29, 1.82) is 0 Å². The number of hydrogen-bond acceptors (Lipinski definition) is 2. The fourth-order valence-electron chi connectivity index (χ4n) is 2.94. The van der Waals surface area contributed by atoms with Gasteiger partial charge < -0.3 is 10.2 Å². The van der Waals surface area contributed by atoms with Crippen molar-refractivity contribution in [1.82, 2.24) is 10.2 Å². The molecular weight excluding hydrogens is 160 g/mol. The van der Waals surface area contributed by atoms with Crippen molar-refractivity contribution in [3.63, 3.8) is 0 Å². The molecule has 0 amide bonds. The molecule has 1 atom stereocenters. The van der Waals surface area contributed by atoms with Crippen molar-refractivity contribution in [3.05, 3.63) is 0 Å². The minimum Gasteiger partial charge on any atom is -0.319 e. The molecule has 1 saturated carbocycles. The maximum absolute atomic E-state index is 3.33. The van der Waals surface area contributed by atoms with E-state index in [1.165, 1.54) is 19.4 Å². The van der Waals surface area contributed by atoms with Crippen LogP contribution in [0.1, 0.15) is 26.7 Å². The van der Waals surface area contributed by atoms with Gasteiger partial charge in [0, 0.05) is 12.6 Å². The quantitative estimate of drug-likeness (QED) is 0.698. The van der Waals surface area contributed by atoms with E-state index in [1.54, 1.807) is 0 Å². The molecule has 1 N–H and O–H groups in total. The summed E-state index contributed by atoms with van der Waals surface area (Å²) in [5, 5.41) is 3.33. The summed E-state index contributed by atoms with van der Waals surface area (Å²) in [6.45, 7) is 5.84. The van der Waals surface area contributed by atoms with Crippen LogP contribution in [0.4, 0.5) is 0 Å². The molecule has 0 aliphatic heterocycles. The van der Waals surface area contributed by atoms with Gasteiger partial charge in [-0.15, -0.1) is 0 Å². The van der Waals surface area contributed by atoms with Crippen LogP contribution in [-0.4, -0.2) is 38.6 Å². The molecule has 0 aromatic rings. The highest BCUT2D eigenvalue weighted by molar-refractivity contribution is 5.04. The highest BCUT2D eigenvalue weighted by atomic mass is 15.1. The molecule has 1 fully saturated rings. The summed E-state index contributed by atoms with van der Waals surface area (Å²) in [7, 11) is 6.48. The second kappa shape index (κ2) is 3.97. The number of nitrogens with zero attached hydrogens (tertiary/aromatic N) is 1. The Labute approximate surface area is 82.7 Å². The van der Waals surface area contributed by atoms with Gasteiger partial charge in [0.05, 0.1) is 0 Å². The van der Waals surface area contributed by atoms with E-state index in [0.717, 1.165) is 12.0 Å². The fraction of sp³-hybridized carbons (Fsp3) is 1.00. The Morgan fingerprint density at radius 2 is 1.85 bits per heavy atom. The Bertz CT molecular complexity index is 151. The normalized spacial score (nSPS) is 22.4. The number of rotatable bonds is 5. The standard InChI is InChI=1S/C11H24N2/c1-9(2)10(13(4)5)11(6-7-11)8-12-3/h9-10,12H,6-8H2,1-5H3. The first-order valence-electron chi connectivity index (χ1n) is 5.34. The molecule has 1 rings (SSSR count). The van der Waals surface area contributed by atoms with Crippen LogP contribution in [0.15, 0.2) is 0 Å². The highest BCUT2D eigenvalue weighted by Crippen LogP contribution is 2.51. The van der Waals surface area contributed by atoms with E-state index in [-0.39, 0.29) is 0 Å². The summed E-state index contributed by atoms with van der Waals surface area (Å²) < 4.78 is 0. The lowest BCUT2D eigenvalue weighted by Crippen LogP contribution is -2.44. The van der Waals surface area contributed by atoms with Crippen molar-refractivity contribution in [2.24, 2.45) is 11.3 Å². The van der Waals surface area contributed by atoms with Crippen LogP contribution in [0.5, 0.6) is 0 Å². The highest BCUT2D eigenvalue weighted by Gasteiger charge is 2.50.